The van der Waals surface area contributed by atoms with Gasteiger partial charge in [0.05, 0.1) is 0 Å². The van der Waals surface area contributed by atoms with Crippen molar-refractivity contribution in [3.63, 3.8) is 0 Å². The first-order valence-electron chi connectivity index (χ1n) is 8.00. The number of nitrogens with two attached hydrogens (primary N) is 2. The molecule has 0 fully saturated rings. The first kappa shape index (κ1) is 18.7. The molecule has 0 spiro atoms. The molecular weight excluding hydrogens is 323 g/mol. The summed E-state index contributed by atoms with van der Waals surface area (Å²) < 4.78 is 22.3. The lowest BCUT2D eigenvalue weighted by molar-refractivity contribution is 0.213. The summed E-state index contributed by atoms with van der Waals surface area (Å²) in [5.74, 6) is 0. The van der Waals surface area contributed by atoms with Crippen molar-refractivity contribution in [3.8, 4) is 0 Å². The second kappa shape index (κ2) is 10.3. The predicted octanol–water partition coefficient (Wildman–Crippen LogP) is 3.08. The topological polar surface area (TPSA) is 87.6 Å². The molecule has 0 amide bonds. The van der Waals surface area contributed by atoms with Crippen LogP contribution < -0.4 is 11.5 Å². The van der Waals surface area contributed by atoms with Crippen molar-refractivity contribution in [1.82, 2.24) is 0 Å². The van der Waals surface area contributed by atoms with Gasteiger partial charge in [0.25, 0.3) is 0 Å². The highest BCUT2D eigenvalue weighted by atomic mass is 31.1. The average Bonchev–Trinajstić information content (AvgIpc) is 2.61. The van der Waals surface area contributed by atoms with Gasteiger partial charge in [-0.05, 0) is 48.2 Å². The van der Waals surface area contributed by atoms with Crippen LogP contribution in [0, 0.1) is 0 Å². The van der Waals surface area contributed by atoms with E-state index in [2.05, 4.69) is 0 Å². The SMILES string of the molecule is NCCc1ccc(CO[P+](=O)OCc2ccc(CCN)cc2)cc1. The molecule has 2 rings (SSSR count). The highest BCUT2D eigenvalue weighted by molar-refractivity contribution is 7.33. The van der Waals surface area contributed by atoms with E-state index in [4.69, 9.17) is 20.5 Å². The summed E-state index contributed by atoms with van der Waals surface area (Å²) in [4.78, 5) is 0. The van der Waals surface area contributed by atoms with Crippen LogP contribution in [0.15, 0.2) is 48.5 Å². The number of benzene rings is 2. The minimum absolute atomic E-state index is 0.257. The zero-order valence-corrected chi connectivity index (χ0v) is 14.6. The van der Waals surface area contributed by atoms with Crippen LogP contribution in [0.5, 0.6) is 0 Å². The van der Waals surface area contributed by atoms with Gasteiger partial charge in [-0.2, -0.15) is 0 Å². The maximum Gasteiger partial charge on any atom is 0.698 e. The van der Waals surface area contributed by atoms with Crippen molar-refractivity contribution in [2.24, 2.45) is 11.5 Å². The third kappa shape index (κ3) is 6.48. The van der Waals surface area contributed by atoms with Crippen LogP contribution in [-0.4, -0.2) is 13.1 Å². The van der Waals surface area contributed by atoms with Crippen molar-refractivity contribution in [1.29, 1.82) is 0 Å². The number of hydrogen-bond acceptors (Lipinski definition) is 5. The molecule has 0 bridgehead atoms. The van der Waals surface area contributed by atoms with Gasteiger partial charge in [-0.25, -0.2) is 0 Å². The van der Waals surface area contributed by atoms with Gasteiger partial charge in [0.1, 0.15) is 13.2 Å². The lowest BCUT2D eigenvalue weighted by Gasteiger charge is -2.01. The molecule has 5 nitrogen and oxygen atoms in total. The van der Waals surface area contributed by atoms with Crippen LogP contribution in [0.25, 0.3) is 0 Å². The van der Waals surface area contributed by atoms with E-state index >= 15 is 0 Å². The van der Waals surface area contributed by atoms with E-state index in [9.17, 15) is 4.57 Å². The van der Waals surface area contributed by atoms with Gasteiger partial charge in [-0.1, -0.05) is 48.5 Å². The van der Waals surface area contributed by atoms with Gasteiger partial charge >= 0.3 is 8.25 Å². The Hall–Kier alpha value is -1.62. The lowest BCUT2D eigenvalue weighted by Crippen LogP contribution is -2.02. The van der Waals surface area contributed by atoms with Crippen molar-refractivity contribution >= 4 is 8.25 Å². The molecule has 4 N–H and O–H groups in total. The van der Waals surface area contributed by atoms with Crippen LogP contribution in [0.2, 0.25) is 0 Å². The summed E-state index contributed by atoms with van der Waals surface area (Å²) in [5.41, 5.74) is 15.3. The third-order valence-corrected chi connectivity index (χ3v) is 4.27. The fourth-order valence-corrected chi connectivity index (χ4v) is 2.81. The van der Waals surface area contributed by atoms with Crippen LogP contribution in [-0.2, 0) is 39.7 Å². The molecule has 0 saturated heterocycles. The molecule has 24 heavy (non-hydrogen) atoms. The highest BCUT2D eigenvalue weighted by Crippen LogP contribution is 2.27. The maximum atomic E-state index is 11.8. The van der Waals surface area contributed by atoms with E-state index in [0.29, 0.717) is 13.1 Å². The fourth-order valence-electron chi connectivity index (χ4n) is 2.23. The molecule has 0 heterocycles. The van der Waals surface area contributed by atoms with Crippen LogP contribution in [0.4, 0.5) is 0 Å². The van der Waals surface area contributed by atoms with E-state index in [-0.39, 0.29) is 13.2 Å². The molecule has 6 heteroatoms. The summed E-state index contributed by atoms with van der Waals surface area (Å²) in [6.45, 7) is 1.77. The normalized spacial score (nSPS) is 10.8. The summed E-state index contributed by atoms with van der Waals surface area (Å²) in [6.07, 6.45) is 1.70. The Balaban J connectivity index is 1.72. The van der Waals surface area contributed by atoms with Gasteiger partial charge in [0, 0.05) is 4.57 Å². The summed E-state index contributed by atoms with van der Waals surface area (Å²) in [7, 11) is -2.15. The molecule has 2 aromatic rings. The van der Waals surface area contributed by atoms with Crippen molar-refractivity contribution in [2.45, 2.75) is 26.1 Å². The van der Waals surface area contributed by atoms with Gasteiger partial charge < -0.3 is 11.5 Å². The monoisotopic (exact) mass is 347 g/mol. The van der Waals surface area contributed by atoms with E-state index in [1.807, 2.05) is 48.5 Å². The zero-order chi connectivity index (χ0) is 17.2. The Morgan fingerprint density at radius 3 is 1.33 bits per heavy atom. The quantitative estimate of drug-likeness (QED) is 0.645. The fraction of sp³-hybridized carbons (Fsp3) is 0.333. The molecule has 0 saturated carbocycles. The summed E-state index contributed by atoms with van der Waals surface area (Å²) >= 11 is 0. The van der Waals surface area contributed by atoms with E-state index < -0.39 is 8.25 Å². The summed E-state index contributed by atoms with van der Waals surface area (Å²) in [6, 6.07) is 15.8. The number of hydrogen-bond donors (Lipinski definition) is 2. The second-order valence-corrected chi connectivity index (χ2v) is 6.44. The van der Waals surface area contributed by atoms with E-state index in [0.717, 1.165) is 24.0 Å². The average molecular weight is 347 g/mol. The van der Waals surface area contributed by atoms with Crippen LogP contribution in [0.1, 0.15) is 22.3 Å². The highest BCUT2D eigenvalue weighted by Gasteiger charge is 2.20. The van der Waals surface area contributed by atoms with E-state index in [1.165, 1.54) is 11.1 Å². The molecule has 0 radical (unpaired) electrons. The minimum Gasteiger partial charge on any atom is -0.330 e. The second-order valence-electron chi connectivity index (χ2n) is 5.48. The van der Waals surface area contributed by atoms with Gasteiger partial charge in [0.2, 0.25) is 0 Å². The van der Waals surface area contributed by atoms with Gasteiger partial charge in [0.15, 0.2) is 0 Å². The molecule has 0 atom stereocenters. The first-order valence-corrected chi connectivity index (χ1v) is 9.09. The molecular formula is C18H24N2O3P+. The van der Waals surface area contributed by atoms with Crippen molar-refractivity contribution in [3.05, 3.63) is 70.8 Å². The Kier molecular flexibility index (Phi) is 8.02. The Morgan fingerprint density at radius 1 is 0.667 bits per heavy atom. The molecule has 0 aliphatic heterocycles. The Bertz CT molecular complexity index is 574. The molecule has 0 unspecified atom stereocenters. The van der Waals surface area contributed by atoms with Crippen LogP contribution >= 0.6 is 8.25 Å². The summed E-state index contributed by atoms with van der Waals surface area (Å²) in [5, 5.41) is 0. The Morgan fingerprint density at radius 2 is 1.00 bits per heavy atom. The van der Waals surface area contributed by atoms with Crippen molar-refractivity contribution in [2.75, 3.05) is 13.1 Å². The molecule has 2 aromatic carbocycles. The first-order chi connectivity index (χ1) is 11.7. The molecule has 0 aromatic heterocycles. The minimum atomic E-state index is -2.15. The van der Waals surface area contributed by atoms with Gasteiger partial charge in [-0.15, -0.1) is 9.05 Å². The van der Waals surface area contributed by atoms with Crippen LogP contribution in [0.3, 0.4) is 0 Å². The van der Waals surface area contributed by atoms with E-state index in [1.54, 1.807) is 0 Å². The molecule has 0 aliphatic rings. The largest absolute Gasteiger partial charge is 0.698 e. The zero-order valence-electron chi connectivity index (χ0n) is 13.7. The predicted molar refractivity (Wildman–Crippen MR) is 95.6 cm³/mol. The lowest BCUT2D eigenvalue weighted by atomic mass is 10.1. The third-order valence-electron chi connectivity index (χ3n) is 3.59. The van der Waals surface area contributed by atoms with Crippen molar-refractivity contribution < 1.29 is 13.6 Å². The maximum absolute atomic E-state index is 11.8. The smallest absolute Gasteiger partial charge is 0.330 e. The Labute approximate surface area is 143 Å². The molecule has 128 valence electrons. The molecule has 0 aliphatic carbocycles. The van der Waals surface area contributed by atoms with Gasteiger partial charge in [-0.3, -0.25) is 0 Å². The standard InChI is InChI=1S/C18H24N2O3P/c19-11-9-15-1-5-17(6-2-15)13-22-24(21)23-14-18-7-3-16(4-8-18)10-12-20/h1-8H,9-14,19-20H2/q+1. The number of rotatable bonds is 10.